The summed E-state index contributed by atoms with van der Waals surface area (Å²) in [6, 6.07) is 0. The molecule has 0 radical (unpaired) electrons. The van der Waals surface area contributed by atoms with Gasteiger partial charge in [-0.1, -0.05) is 19.1 Å². The summed E-state index contributed by atoms with van der Waals surface area (Å²) in [6.07, 6.45) is 3.46. The van der Waals surface area contributed by atoms with E-state index in [0.29, 0.717) is 31.3 Å². The SMILES string of the molecule is C=CCN(CC=C)C(=O)CSCC(C)CN. The Labute approximate surface area is 103 Å². The second-order valence-corrected chi connectivity index (χ2v) is 4.76. The van der Waals surface area contributed by atoms with E-state index in [-0.39, 0.29) is 5.91 Å². The van der Waals surface area contributed by atoms with Crippen molar-refractivity contribution in [2.75, 3.05) is 31.1 Å². The summed E-state index contributed by atoms with van der Waals surface area (Å²) >= 11 is 1.63. The summed E-state index contributed by atoms with van der Waals surface area (Å²) in [5, 5.41) is 0. The van der Waals surface area contributed by atoms with Crippen LogP contribution in [0.2, 0.25) is 0 Å². The third-order valence-corrected chi connectivity index (χ3v) is 3.34. The van der Waals surface area contributed by atoms with Crippen molar-refractivity contribution in [2.24, 2.45) is 11.7 Å². The van der Waals surface area contributed by atoms with Crippen LogP contribution in [-0.4, -0.2) is 41.9 Å². The lowest BCUT2D eigenvalue weighted by atomic mass is 10.2. The molecule has 0 heterocycles. The Balaban J connectivity index is 3.90. The van der Waals surface area contributed by atoms with Crippen LogP contribution < -0.4 is 5.73 Å². The zero-order valence-electron chi connectivity index (χ0n) is 10.0. The summed E-state index contributed by atoms with van der Waals surface area (Å²) < 4.78 is 0. The second-order valence-electron chi connectivity index (χ2n) is 3.73. The highest BCUT2D eigenvalue weighted by Crippen LogP contribution is 2.08. The van der Waals surface area contributed by atoms with E-state index >= 15 is 0 Å². The number of thioether (sulfide) groups is 1. The standard InChI is InChI=1S/C12H22N2OS/c1-4-6-14(7-5-2)12(15)10-16-9-11(3)8-13/h4-5,11H,1-2,6-10,13H2,3H3. The maximum atomic E-state index is 11.8. The molecule has 0 aliphatic heterocycles. The molecule has 0 aromatic carbocycles. The minimum absolute atomic E-state index is 0.133. The molecule has 4 heteroatoms. The van der Waals surface area contributed by atoms with Crippen molar-refractivity contribution < 1.29 is 4.79 Å². The second kappa shape index (κ2) is 9.48. The van der Waals surface area contributed by atoms with Gasteiger partial charge in [0.15, 0.2) is 0 Å². The number of hydrogen-bond acceptors (Lipinski definition) is 3. The number of carbonyl (C=O) groups is 1. The van der Waals surface area contributed by atoms with Gasteiger partial charge in [-0.05, 0) is 18.2 Å². The average molecular weight is 242 g/mol. The minimum atomic E-state index is 0.133. The molecular weight excluding hydrogens is 220 g/mol. The maximum Gasteiger partial charge on any atom is 0.233 e. The van der Waals surface area contributed by atoms with Crippen LogP contribution in [0.1, 0.15) is 6.92 Å². The summed E-state index contributed by atoms with van der Waals surface area (Å²) in [5.74, 6) is 2.03. The third-order valence-electron chi connectivity index (χ3n) is 2.08. The summed E-state index contributed by atoms with van der Waals surface area (Å²) in [5.41, 5.74) is 5.51. The van der Waals surface area contributed by atoms with E-state index in [9.17, 15) is 4.79 Å². The highest BCUT2D eigenvalue weighted by molar-refractivity contribution is 7.99. The molecule has 3 nitrogen and oxygen atoms in total. The van der Waals surface area contributed by atoms with Gasteiger partial charge >= 0.3 is 0 Å². The Hall–Kier alpha value is -0.740. The topological polar surface area (TPSA) is 46.3 Å². The van der Waals surface area contributed by atoms with Gasteiger partial charge in [0.05, 0.1) is 5.75 Å². The molecule has 16 heavy (non-hydrogen) atoms. The predicted molar refractivity (Wildman–Crippen MR) is 72.5 cm³/mol. The molecule has 0 rings (SSSR count). The molecule has 0 aromatic heterocycles. The van der Waals surface area contributed by atoms with Crippen molar-refractivity contribution in [3.05, 3.63) is 25.3 Å². The van der Waals surface area contributed by atoms with Gasteiger partial charge in [-0.2, -0.15) is 11.8 Å². The van der Waals surface area contributed by atoms with Crippen LogP contribution in [0.25, 0.3) is 0 Å². The zero-order chi connectivity index (χ0) is 12.4. The van der Waals surface area contributed by atoms with Gasteiger partial charge < -0.3 is 10.6 Å². The van der Waals surface area contributed by atoms with Gasteiger partial charge in [-0.3, -0.25) is 4.79 Å². The predicted octanol–water partition coefficient (Wildman–Crippen LogP) is 1.51. The molecule has 0 spiro atoms. The fourth-order valence-corrected chi connectivity index (χ4v) is 2.11. The van der Waals surface area contributed by atoms with Crippen molar-refractivity contribution in [1.82, 2.24) is 4.90 Å². The van der Waals surface area contributed by atoms with E-state index in [1.807, 2.05) is 0 Å². The summed E-state index contributed by atoms with van der Waals surface area (Å²) in [4.78, 5) is 13.5. The Morgan fingerprint density at radius 3 is 2.44 bits per heavy atom. The fourth-order valence-electron chi connectivity index (χ4n) is 1.10. The summed E-state index contributed by atoms with van der Waals surface area (Å²) in [6.45, 7) is 11.2. The number of nitrogens with two attached hydrogens (primary N) is 1. The van der Waals surface area contributed by atoms with Crippen molar-refractivity contribution in [3.8, 4) is 0 Å². The number of hydrogen-bond donors (Lipinski definition) is 1. The Morgan fingerprint density at radius 2 is 2.00 bits per heavy atom. The molecule has 0 saturated carbocycles. The highest BCUT2D eigenvalue weighted by Gasteiger charge is 2.10. The van der Waals surface area contributed by atoms with Crippen molar-refractivity contribution in [1.29, 1.82) is 0 Å². The first kappa shape index (κ1) is 15.3. The molecule has 0 aliphatic rings. The summed E-state index contributed by atoms with van der Waals surface area (Å²) in [7, 11) is 0. The van der Waals surface area contributed by atoms with Gasteiger partial charge in [0, 0.05) is 13.1 Å². The van der Waals surface area contributed by atoms with E-state index in [1.165, 1.54) is 0 Å². The van der Waals surface area contributed by atoms with Crippen LogP contribution in [0.5, 0.6) is 0 Å². The van der Waals surface area contributed by atoms with E-state index in [2.05, 4.69) is 20.1 Å². The molecule has 0 saturated heterocycles. The molecule has 0 aliphatic carbocycles. The van der Waals surface area contributed by atoms with Crippen molar-refractivity contribution >= 4 is 17.7 Å². The third kappa shape index (κ3) is 6.69. The first-order valence-corrected chi connectivity index (χ1v) is 6.58. The number of nitrogens with zero attached hydrogens (tertiary/aromatic N) is 1. The van der Waals surface area contributed by atoms with Gasteiger partial charge in [0.1, 0.15) is 0 Å². The van der Waals surface area contributed by atoms with Gasteiger partial charge in [-0.15, -0.1) is 13.2 Å². The smallest absolute Gasteiger partial charge is 0.233 e. The fraction of sp³-hybridized carbons (Fsp3) is 0.583. The van der Waals surface area contributed by atoms with Crippen LogP contribution in [0.4, 0.5) is 0 Å². The Morgan fingerprint density at radius 1 is 1.44 bits per heavy atom. The molecule has 0 aromatic rings. The molecule has 0 bridgehead atoms. The lowest BCUT2D eigenvalue weighted by Gasteiger charge is -2.19. The molecule has 0 fully saturated rings. The molecule has 1 amide bonds. The molecule has 1 unspecified atom stereocenters. The van der Waals surface area contributed by atoms with E-state index in [1.54, 1.807) is 28.8 Å². The van der Waals surface area contributed by atoms with Crippen molar-refractivity contribution in [3.63, 3.8) is 0 Å². The molecule has 92 valence electrons. The monoisotopic (exact) mass is 242 g/mol. The number of amides is 1. The van der Waals surface area contributed by atoms with Crippen LogP contribution in [0, 0.1) is 5.92 Å². The zero-order valence-corrected chi connectivity index (χ0v) is 10.8. The van der Waals surface area contributed by atoms with E-state index in [4.69, 9.17) is 5.73 Å². The van der Waals surface area contributed by atoms with Crippen LogP contribution in [-0.2, 0) is 4.79 Å². The van der Waals surface area contributed by atoms with Crippen LogP contribution in [0.15, 0.2) is 25.3 Å². The first-order valence-electron chi connectivity index (χ1n) is 5.43. The molecular formula is C12H22N2OS. The van der Waals surface area contributed by atoms with Gasteiger partial charge in [0.25, 0.3) is 0 Å². The minimum Gasteiger partial charge on any atom is -0.335 e. The average Bonchev–Trinajstić information content (AvgIpc) is 2.28. The van der Waals surface area contributed by atoms with Gasteiger partial charge in [0.2, 0.25) is 5.91 Å². The van der Waals surface area contributed by atoms with Gasteiger partial charge in [-0.25, -0.2) is 0 Å². The van der Waals surface area contributed by atoms with E-state index < -0.39 is 0 Å². The maximum absolute atomic E-state index is 11.8. The first-order chi connectivity index (χ1) is 7.65. The normalized spacial score (nSPS) is 11.9. The molecule has 2 N–H and O–H groups in total. The van der Waals surface area contributed by atoms with Crippen molar-refractivity contribution in [2.45, 2.75) is 6.92 Å². The number of rotatable bonds is 9. The lowest BCUT2D eigenvalue weighted by molar-refractivity contribution is -0.127. The molecule has 1 atom stereocenters. The highest BCUT2D eigenvalue weighted by atomic mass is 32.2. The Bertz CT molecular complexity index is 221. The van der Waals surface area contributed by atoms with Crippen LogP contribution >= 0.6 is 11.8 Å². The van der Waals surface area contributed by atoms with Crippen LogP contribution in [0.3, 0.4) is 0 Å². The number of carbonyl (C=O) groups excluding carboxylic acids is 1. The lowest BCUT2D eigenvalue weighted by Crippen LogP contribution is -2.33. The Kier molecular flexibility index (Phi) is 9.04. The largest absolute Gasteiger partial charge is 0.335 e. The van der Waals surface area contributed by atoms with E-state index in [0.717, 1.165) is 5.75 Å². The quantitative estimate of drug-likeness (QED) is 0.624.